The summed E-state index contributed by atoms with van der Waals surface area (Å²) in [6, 6.07) is 15.7. The number of ether oxygens (including phenoxy) is 2. The highest BCUT2D eigenvalue weighted by atomic mass is 16.6. The number of nitrogens with zero attached hydrogens (tertiary/aromatic N) is 4. The largest absolute Gasteiger partial charge is 0.486 e. The number of amides is 1. The normalized spacial score (nSPS) is 15.5. The first-order chi connectivity index (χ1) is 14.3. The van der Waals surface area contributed by atoms with E-state index in [-0.39, 0.29) is 5.91 Å². The third-order valence-electron chi connectivity index (χ3n) is 5.38. The fourth-order valence-corrected chi connectivity index (χ4v) is 3.85. The summed E-state index contributed by atoms with van der Waals surface area (Å²) in [4.78, 5) is 15.0. The molecule has 0 spiro atoms. The van der Waals surface area contributed by atoms with Crippen LogP contribution in [-0.2, 0) is 19.4 Å². The molecule has 0 unspecified atom stereocenters. The molecule has 2 aliphatic rings. The molecule has 7 heteroatoms. The van der Waals surface area contributed by atoms with Gasteiger partial charge in [-0.05, 0) is 23.8 Å². The minimum atomic E-state index is 0.00490. The lowest BCUT2D eigenvalue weighted by molar-refractivity contribution is 0.0757. The van der Waals surface area contributed by atoms with Crippen molar-refractivity contribution in [2.45, 2.75) is 19.4 Å². The van der Waals surface area contributed by atoms with E-state index in [1.165, 1.54) is 5.56 Å². The predicted molar refractivity (Wildman–Crippen MR) is 106 cm³/mol. The zero-order chi connectivity index (χ0) is 19.6. The molecule has 148 valence electrons. The first-order valence-electron chi connectivity index (χ1n) is 9.92. The lowest BCUT2D eigenvalue weighted by Crippen LogP contribution is -2.34. The second-order valence-corrected chi connectivity index (χ2v) is 7.25. The fourth-order valence-electron chi connectivity index (χ4n) is 3.85. The number of hydrogen-bond acceptors (Lipinski definition) is 5. The zero-order valence-electron chi connectivity index (χ0n) is 16.1. The van der Waals surface area contributed by atoms with E-state index in [0.717, 1.165) is 18.1 Å². The quantitative estimate of drug-likeness (QED) is 0.687. The van der Waals surface area contributed by atoms with Gasteiger partial charge in [-0.2, -0.15) is 0 Å². The monoisotopic (exact) mass is 390 g/mol. The van der Waals surface area contributed by atoms with E-state index < -0.39 is 0 Å². The third-order valence-corrected chi connectivity index (χ3v) is 5.38. The number of carbonyl (C=O) groups is 1. The third kappa shape index (κ3) is 3.55. The van der Waals surface area contributed by atoms with Crippen LogP contribution in [0.1, 0.15) is 27.6 Å². The van der Waals surface area contributed by atoms with Crippen LogP contribution < -0.4 is 9.47 Å². The Morgan fingerprint density at radius 2 is 1.76 bits per heavy atom. The highest BCUT2D eigenvalue weighted by Gasteiger charge is 2.24. The van der Waals surface area contributed by atoms with Gasteiger partial charge in [-0.1, -0.05) is 30.3 Å². The van der Waals surface area contributed by atoms with Crippen LogP contribution in [0.5, 0.6) is 11.5 Å². The molecule has 0 fully saturated rings. The van der Waals surface area contributed by atoms with Crippen molar-refractivity contribution in [2.24, 2.45) is 0 Å². The van der Waals surface area contributed by atoms with Crippen LogP contribution in [0.4, 0.5) is 0 Å². The van der Waals surface area contributed by atoms with Gasteiger partial charge in [0, 0.05) is 38.0 Å². The molecule has 0 atom stereocenters. The van der Waals surface area contributed by atoms with Crippen LogP contribution in [0.2, 0.25) is 0 Å². The number of fused-ring (bicyclic) bond motifs is 2. The SMILES string of the molecule is O=C(c1ccc2c(c1)OCCO2)N1CCc2nnc(Cc3ccccc3)n2CC1. The number of carbonyl (C=O) groups excluding carboxylic acids is 1. The summed E-state index contributed by atoms with van der Waals surface area (Å²) in [7, 11) is 0. The smallest absolute Gasteiger partial charge is 0.254 e. The predicted octanol–water partition coefficient (Wildman–Crippen LogP) is 2.34. The standard InChI is InChI=1S/C22H22N4O3/c27-22(17-6-7-18-19(15-17)29-13-12-28-18)25-9-8-20-23-24-21(26(20)11-10-25)14-16-4-2-1-3-5-16/h1-7,15H,8-14H2. The van der Waals surface area contributed by atoms with Crippen LogP contribution in [0.15, 0.2) is 48.5 Å². The molecule has 0 radical (unpaired) electrons. The summed E-state index contributed by atoms with van der Waals surface area (Å²) in [6.07, 6.45) is 1.43. The summed E-state index contributed by atoms with van der Waals surface area (Å²) in [6.45, 7) is 2.99. The Kier molecular flexibility index (Phi) is 4.63. The van der Waals surface area contributed by atoms with Crippen molar-refractivity contribution in [3.8, 4) is 11.5 Å². The first-order valence-corrected chi connectivity index (χ1v) is 9.92. The number of hydrogen-bond donors (Lipinski definition) is 0. The molecule has 1 amide bonds. The molecule has 29 heavy (non-hydrogen) atoms. The fraction of sp³-hybridized carbons (Fsp3) is 0.318. The molecule has 2 aromatic carbocycles. The summed E-state index contributed by atoms with van der Waals surface area (Å²) in [5.74, 6) is 3.22. The van der Waals surface area contributed by atoms with Crippen LogP contribution in [-0.4, -0.2) is 51.9 Å². The molecule has 0 bridgehead atoms. The van der Waals surface area contributed by atoms with E-state index in [4.69, 9.17) is 9.47 Å². The Morgan fingerprint density at radius 3 is 2.62 bits per heavy atom. The second-order valence-electron chi connectivity index (χ2n) is 7.25. The highest BCUT2D eigenvalue weighted by molar-refractivity contribution is 5.95. The van der Waals surface area contributed by atoms with Crippen molar-refractivity contribution in [1.29, 1.82) is 0 Å². The lowest BCUT2D eigenvalue weighted by atomic mass is 10.1. The lowest BCUT2D eigenvalue weighted by Gasteiger charge is -2.22. The molecule has 0 saturated carbocycles. The number of aromatic nitrogens is 3. The summed E-state index contributed by atoms with van der Waals surface area (Å²) in [5, 5.41) is 8.77. The topological polar surface area (TPSA) is 69.5 Å². The maximum absolute atomic E-state index is 13.1. The van der Waals surface area contributed by atoms with Crippen molar-refractivity contribution in [1.82, 2.24) is 19.7 Å². The van der Waals surface area contributed by atoms with E-state index in [9.17, 15) is 4.79 Å². The van der Waals surface area contributed by atoms with E-state index in [1.807, 2.05) is 35.2 Å². The minimum absolute atomic E-state index is 0.00490. The van der Waals surface area contributed by atoms with Crippen molar-refractivity contribution in [3.63, 3.8) is 0 Å². The molecule has 0 saturated heterocycles. The molecule has 0 aliphatic carbocycles. The summed E-state index contributed by atoms with van der Waals surface area (Å²) < 4.78 is 13.3. The van der Waals surface area contributed by atoms with Crippen molar-refractivity contribution >= 4 is 5.91 Å². The van der Waals surface area contributed by atoms with E-state index in [0.29, 0.717) is 56.3 Å². The zero-order valence-corrected chi connectivity index (χ0v) is 16.1. The molecule has 3 heterocycles. The van der Waals surface area contributed by atoms with Crippen molar-refractivity contribution in [2.75, 3.05) is 26.3 Å². The van der Waals surface area contributed by atoms with Gasteiger partial charge in [0.15, 0.2) is 11.5 Å². The van der Waals surface area contributed by atoms with Crippen molar-refractivity contribution < 1.29 is 14.3 Å². The molecular formula is C22H22N4O3. The van der Waals surface area contributed by atoms with Gasteiger partial charge < -0.3 is 18.9 Å². The molecule has 5 rings (SSSR count). The van der Waals surface area contributed by atoms with E-state index in [2.05, 4.69) is 26.9 Å². The Hall–Kier alpha value is -3.35. The molecule has 7 nitrogen and oxygen atoms in total. The van der Waals surface area contributed by atoms with E-state index in [1.54, 1.807) is 6.07 Å². The van der Waals surface area contributed by atoms with Gasteiger partial charge in [-0.15, -0.1) is 10.2 Å². The average Bonchev–Trinajstić information content (AvgIpc) is 3.02. The average molecular weight is 390 g/mol. The number of rotatable bonds is 3. The van der Waals surface area contributed by atoms with Crippen molar-refractivity contribution in [3.05, 3.63) is 71.3 Å². The molecule has 2 aliphatic heterocycles. The number of benzene rings is 2. The second kappa shape index (κ2) is 7.58. The van der Waals surface area contributed by atoms with Gasteiger partial charge in [0.05, 0.1) is 0 Å². The van der Waals surface area contributed by atoms with E-state index >= 15 is 0 Å². The maximum Gasteiger partial charge on any atom is 0.254 e. The first kappa shape index (κ1) is 17.7. The van der Waals surface area contributed by atoms with Gasteiger partial charge >= 0.3 is 0 Å². The van der Waals surface area contributed by atoms with Crippen LogP contribution in [0.3, 0.4) is 0 Å². The Balaban J connectivity index is 1.31. The summed E-state index contributed by atoms with van der Waals surface area (Å²) in [5.41, 5.74) is 1.83. The van der Waals surface area contributed by atoms with Gasteiger partial charge in [0.25, 0.3) is 5.91 Å². The highest BCUT2D eigenvalue weighted by Crippen LogP contribution is 2.31. The Labute approximate surface area is 168 Å². The van der Waals surface area contributed by atoms with Gasteiger partial charge in [-0.3, -0.25) is 4.79 Å². The molecular weight excluding hydrogens is 368 g/mol. The van der Waals surface area contributed by atoms with Gasteiger partial charge in [-0.25, -0.2) is 0 Å². The minimum Gasteiger partial charge on any atom is -0.486 e. The summed E-state index contributed by atoms with van der Waals surface area (Å²) >= 11 is 0. The molecule has 0 N–H and O–H groups in total. The molecule has 3 aromatic rings. The van der Waals surface area contributed by atoms with Crippen LogP contribution in [0, 0.1) is 0 Å². The van der Waals surface area contributed by atoms with Crippen LogP contribution in [0.25, 0.3) is 0 Å². The van der Waals surface area contributed by atoms with Gasteiger partial charge in [0.1, 0.15) is 24.9 Å². The Bertz CT molecular complexity index is 1030. The van der Waals surface area contributed by atoms with Gasteiger partial charge in [0.2, 0.25) is 0 Å². The maximum atomic E-state index is 13.1. The van der Waals surface area contributed by atoms with Crippen LogP contribution >= 0.6 is 0 Å². The molecule has 1 aromatic heterocycles. The Morgan fingerprint density at radius 1 is 0.931 bits per heavy atom.